The van der Waals surface area contributed by atoms with Gasteiger partial charge in [0.05, 0.1) is 0 Å². The second-order valence-electron chi connectivity index (χ2n) is 3.05. The van der Waals surface area contributed by atoms with Crippen LogP contribution in [0.5, 0.6) is 0 Å². The summed E-state index contributed by atoms with van der Waals surface area (Å²) in [5.41, 5.74) is 2.09. The number of rotatable bonds is 2. The van der Waals surface area contributed by atoms with Crippen LogP contribution >= 0.6 is 15.9 Å². The molecule has 0 bridgehead atoms. The largest absolute Gasteiger partial charge is 0.238 e. The van der Waals surface area contributed by atoms with Crippen LogP contribution in [-0.2, 0) is 6.42 Å². The van der Waals surface area contributed by atoms with E-state index in [4.69, 9.17) is 0 Å². The van der Waals surface area contributed by atoms with E-state index in [1.807, 2.05) is 19.9 Å². The van der Waals surface area contributed by atoms with Crippen LogP contribution in [-0.4, -0.2) is 14.8 Å². The molecule has 1 aromatic heterocycles. The van der Waals surface area contributed by atoms with Gasteiger partial charge in [0.1, 0.15) is 5.82 Å². The molecule has 12 heavy (non-hydrogen) atoms. The third kappa shape index (κ3) is 2.89. The van der Waals surface area contributed by atoms with Crippen molar-refractivity contribution in [3.63, 3.8) is 0 Å². The van der Waals surface area contributed by atoms with Crippen molar-refractivity contribution in [2.24, 2.45) is 0 Å². The Labute approximate surface area is 81.6 Å². The number of hydrogen-bond acceptors (Lipinski definition) is 2. The Kier molecular flexibility index (Phi) is 3.20. The summed E-state index contributed by atoms with van der Waals surface area (Å²) in [6, 6.07) is 1.99. The van der Waals surface area contributed by atoms with Gasteiger partial charge in [-0.15, -0.1) is 0 Å². The fourth-order valence-corrected chi connectivity index (χ4v) is 1.43. The third-order valence-corrected chi connectivity index (χ3v) is 1.82. The van der Waals surface area contributed by atoms with Crippen molar-refractivity contribution in [3.05, 3.63) is 23.3 Å². The van der Waals surface area contributed by atoms with Crippen LogP contribution in [0.1, 0.15) is 24.1 Å². The van der Waals surface area contributed by atoms with Crippen LogP contribution < -0.4 is 0 Å². The Morgan fingerprint density at radius 3 is 2.25 bits per heavy atom. The van der Waals surface area contributed by atoms with Gasteiger partial charge in [0, 0.05) is 22.6 Å². The molecule has 0 spiro atoms. The highest BCUT2D eigenvalue weighted by molar-refractivity contribution is 9.09. The molecular formula is C9H13BrN2. The maximum Gasteiger partial charge on any atom is 0.129 e. The van der Waals surface area contributed by atoms with E-state index in [-0.39, 0.29) is 0 Å². The van der Waals surface area contributed by atoms with E-state index in [9.17, 15) is 0 Å². The topological polar surface area (TPSA) is 25.8 Å². The minimum Gasteiger partial charge on any atom is -0.238 e. The normalized spacial score (nSPS) is 13.0. The van der Waals surface area contributed by atoms with Crippen molar-refractivity contribution < 1.29 is 0 Å². The molecule has 0 radical (unpaired) electrons. The first-order valence-corrected chi connectivity index (χ1v) is 4.94. The molecule has 1 heterocycles. The summed E-state index contributed by atoms with van der Waals surface area (Å²) in [4.78, 5) is 9.11. The molecule has 0 N–H and O–H groups in total. The SMILES string of the molecule is Cc1cc(C)nc(CC(C)Br)n1. The first kappa shape index (κ1) is 9.65. The maximum absolute atomic E-state index is 4.33. The zero-order valence-electron chi connectivity index (χ0n) is 7.63. The average Bonchev–Trinajstić information content (AvgIpc) is 1.81. The standard InChI is InChI=1S/C9H13BrN2/c1-6(10)4-9-11-7(2)5-8(3)12-9/h5-6H,4H2,1-3H3. The lowest BCUT2D eigenvalue weighted by Crippen LogP contribution is -2.04. The maximum atomic E-state index is 4.33. The molecule has 0 saturated heterocycles. The summed E-state index contributed by atoms with van der Waals surface area (Å²) >= 11 is 3.48. The Morgan fingerprint density at radius 1 is 1.33 bits per heavy atom. The van der Waals surface area contributed by atoms with Crippen LogP contribution in [0.2, 0.25) is 0 Å². The molecule has 1 atom stereocenters. The fourth-order valence-electron chi connectivity index (χ4n) is 1.14. The highest BCUT2D eigenvalue weighted by atomic mass is 79.9. The summed E-state index contributed by atoms with van der Waals surface area (Å²) in [6.45, 7) is 6.09. The van der Waals surface area contributed by atoms with Gasteiger partial charge in [0.15, 0.2) is 0 Å². The zero-order valence-corrected chi connectivity index (χ0v) is 9.22. The Morgan fingerprint density at radius 2 is 1.83 bits per heavy atom. The van der Waals surface area contributed by atoms with Gasteiger partial charge >= 0.3 is 0 Å². The van der Waals surface area contributed by atoms with Crippen LogP contribution in [0, 0.1) is 13.8 Å². The Hall–Kier alpha value is -0.440. The van der Waals surface area contributed by atoms with Gasteiger partial charge in [-0.2, -0.15) is 0 Å². The van der Waals surface area contributed by atoms with Crippen LogP contribution in [0.3, 0.4) is 0 Å². The summed E-state index contributed by atoms with van der Waals surface area (Å²) in [5, 5.41) is 0. The number of nitrogens with zero attached hydrogens (tertiary/aromatic N) is 2. The molecule has 1 aromatic rings. The minimum absolute atomic E-state index is 0.443. The molecule has 0 aromatic carbocycles. The van der Waals surface area contributed by atoms with Crippen molar-refractivity contribution in [2.45, 2.75) is 32.0 Å². The highest BCUT2D eigenvalue weighted by Crippen LogP contribution is 2.06. The number of alkyl halides is 1. The van der Waals surface area contributed by atoms with E-state index in [0.29, 0.717) is 4.83 Å². The lowest BCUT2D eigenvalue weighted by Gasteiger charge is -2.03. The van der Waals surface area contributed by atoms with Gasteiger partial charge in [-0.3, -0.25) is 0 Å². The predicted octanol–water partition coefficient (Wildman–Crippen LogP) is 2.42. The molecule has 0 aliphatic rings. The second-order valence-corrected chi connectivity index (χ2v) is 4.61. The lowest BCUT2D eigenvalue weighted by atomic mass is 10.3. The Balaban J connectivity index is 2.85. The van der Waals surface area contributed by atoms with Crippen molar-refractivity contribution >= 4 is 15.9 Å². The van der Waals surface area contributed by atoms with Gasteiger partial charge in [0.2, 0.25) is 0 Å². The third-order valence-electron chi connectivity index (χ3n) is 1.49. The fraction of sp³-hybridized carbons (Fsp3) is 0.556. The van der Waals surface area contributed by atoms with E-state index in [2.05, 4.69) is 32.8 Å². The molecule has 0 aliphatic carbocycles. The number of halogens is 1. The molecule has 0 amide bonds. The molecule has 1 rings (SSSR count). The number of aromatic nitrogens is 2. The summed E-state index contributed by atoms with van der Waals surface area (Å²) in [7, 11) is 0. The molecule has 66 valence electrons. The van der Waals surface area contributed by atoms with E-state index in [1.165, 1.54) is 0 Å². The molecular weight excluding hydrogens is 216 g/mol. The minimum atomic E-state index is 0.443. The lowest BCUT2D eigenvalue weighted by molar-refractivity contribution is 0.835. The predicted molar refractivity (Wildman–Crippen MR) is 53.6 cm³/mol. The zero-order chi connectivity index (χ0) is 9.14. The number of hydrogen-bond donors (Lipinski definition) is 0. The van der Waals surface area contributed by atoms with Gasteiger partial charge in [0.25, 0.3) is 0 Å². The van der Waals surface area contributed by atoms with Crippen molar-refractivity contribution in [1.82, 2.24) is 9.97 Å². The van der Waals surface area contributed by atoms with Crippen molar-refractivity contribution in [2.75, 3.05) is 0 Å². The summed E-state index contributed by atoms with van der Waals surface area (Å²) < 4.78 is 0. The summed E-state index contributed by atoms with van der Waals surface area (Å²) in [6.07, 6.45) is 0.891. The molecule has 0 fully saturated rings. The molecule has 0 aliphatic heterocycles. The smallest absolute Gasteiger partial charge is 0.129 e. The van der Waals surface area contributed by atoms with Crippen molar-refractivity contribution in [3.8, 4) is 0 Å². The first-order valence-electron chi connectivity index (χ1n) is 4.03. The van der Waals surface area contributed by atoms with Crippen LogP contribution in [0.4, 0.5) is 0 Å². The highest BCUT2D eigenvalue weighted by Gasteiger charge is 2.02. The molecule has 3 heteroatoms. The van der Waals surface area contributed by atoms with Gasteiger partial charge in [-0.25, -0.2) is 9.97 Å². The quantitative estimate of drug-likeness (QED) is 0.728. The van der Waals surface area contributed by atoms with E-state index in [1.54, 1.807) is 0 Å². The van der Waals surface area contributed by atoms with E-state index < -0.39 is 0 Å². The monoisotopic (exact) mass is 228 g/mol. The average molecular weight is 229 g/mol. The van der Waals surface area contributed by atoms with Crippen LogP contribution in [0.15, 0.2) is 6.07 Å². The summed E-state index contributed by atoms with van der Waals surface area (Å²) in [5.74, 6) is 0.928. The van der Waals surface area contributed by atoms with E-state index in [0.717, 1.165) is 23.6 Å². The molecule has 1 unspecified atom stereocenters. The van der Waals surface area contributed by atoms with Gasteiger partial charge < -0.3 is 0 Å². The van der Waals surface area contributed by atoms with Crippen molar-refractivity contribution in [1.29, 1.82) is 0 Å². The van der Waals surface area contributed by atoms with Crippen LogP contribution in [0.25, 0.3) is 0 Å². The molecule has 0 saturated carbocycles. The van der Waals surface area contributed by atoms with Gasteiger partial charge in [-0.05, 0) is 19.9 Å². The number of aryl methyl sites for hydroxylation is 2. The molecule has 2 nitrogen and oxygen atoms in total. The first-order chi connectivity index (χ1) is 5.58. The second kappa shape index (κ2) is 3.99. The van der Waals surface area contributed by atoms with E-state index >= 15 is 0 Å². The van der Waals surface area contributed by atoms with Gasteiger partial charge in [-0.1, -0.05) is 22.9 Å². The Bertz CT molecular complexity index is 251.